The molecule has 5 rings (SSSR count). The van der Waals surface area contributed by atoms with Crippen molar-refractivity contribution in [2.24, 2.45) is 56.2 Å². The number of nitrogens with zero attached hydrogens (tertiary/aromatic N) is 1. The fourth-order valence-electron chi connectivity index (χ4n) is 10.6. The van der Waals surface area contributed by atoms with Gasteiger partial charge < -0.3 is 4.74 Å². The number of methoxy groups -OCH3 is 1. The molecule has 2 unspecified atom stereocenters. The topological polar surface area (TPSA) is 84.2 Å². The molecule has 0 radical (unpaired) electrons. The summed E-state index contributed by atoms with van der Waals surface area (Å²) in [5.74, 6) is -0.403. The minimum Gasteiger partial charge on any atom is -0.469 e. The average molecular weight is 510 g/mol. The Hall–Kier alpha value is -1.96. The lowest BCUT2D eigenvalue weighted by Gasteiger charge is -2.69. The molecule has 0 aromatic rings. The summed E-state index contributed by atoms with van der Waals surface area (Å²) in [7, 11) is 1.47. The number of Topliss-reactive ketones (excluding diaryl/α,β-unsaturated/α-hetero) is 1. The van der Waals surface area contributed by atoms with Gasteiger partial charge in [0.05, 0.1) is 18.6 Å². The van der Waals surface area contributed by atoms with E-state index in [0.29, 0.717) is 12.8 Å². The van der Waals surface area contributed by atoms with E-state index in [0.717, 1.165) is 38.5 Å². The summed E-state index contributed by atoms with van der Waals surface area (Å²) in [5, 5.41) is 9.93. The van der Waals surface area contributed by atoms with E-state index in [1.165, 1.54) is 12.7 Å². The monoisotopic (exact) mass is 509 g/mol. The van der Waals surface area contributed by atoms with Gasteiger partial charge in [-0.15, -0.1) is 0 Å². The van der Waals surface area contributed by atoms with E-state index >= 15 is 0 Å². The summed E-state index contributed by atoms with van der Waals surface area (Å²) in [4.78, 5) is 40.5. The van der Waals surface area contributed by atoms with E-state index in [1.54, 1.807) is 0 Å². The summed E-state index contributed by atoms with van der Waals surface area (Å²) < 4.78 is 5.23. The number of hydrogen-bond acceptors (Lipinski definition) is 5. The van der Waals surface area contributed by atoms with E-state index in [-0.39, 0.29) is 58.4 Å². The second-order valence-corrected chi connectivity index (χ2v) is 15.2. The summed E-state index contributed by atoms with van der Waals surface area (Å²) >= 11 is 0. The summed E-state index contributed by atoms with van der Waals surface area (Å²) in [6.45, 7) is 15.3. The molecule has 4 fully saturated rings. The Labute approximate surface area is 224 Å². The van der Waals surface area contributed by atoms with Gasteiger partial charge in [-0.1, -0.05) is 47.1 Å². The van der Waals surface area contributed by atoms with Gasteiger partial charge in [0.15, 0.2) is 11.6 Å². The molecule has 0 aromatic heterocycles. The van der Waals surface area contributed by atoms with Gasteiger partial charge in [-0.3, -0.25) is 14.4 Å². The molecule has 5 aliphatic carbocycles. The molecular weight excluding hydrogens is 462 g/mol. The third kappa shape index (κ3) is 3.17. The maximum absolute atomic E-state index is 14.3. The first kappa shape index (κ1) is 26.6. The lowest BCUT2D eigenvalue weighted by Crippen LogP contribution is -2.65. The second kappa shape index (κ2) is 7.80. The smallest absolute Gasteiger partial charge is 0.311 e. The summed E-state index contributed by atoms with van der Waals surface area (Å²) in [6.07, 6.45) is 8.84. The molecule has 4 saturated carbocycles. The molecule has 0 aromatic carbocycles. The highest BCUT2D eigenvalue weighted by molar-refractivity contribution is 5.96. The minimum absolute atomic E-state index is 0. The van der Waals surface area contributed by atoms with Gasteiger partial charge in [0, 0.05) is 12.8 Å². The summed E-state index contributed by atoms with van der Waals surface area (Å²) in [5.41, 5.74) is -0.686. The lowest BCUT2D eigenvalue weighted by atomic mass is 9.33. The number of nitriles is 1. The van der Waals surface area contributed by atoms with Crippen LogP contribution in [0.25, 0.3) is 0 Å². The van der Waals surface area contributed by atoms with Crippen molar-refractivity contribution in [1.29, 1.82) is 5.26 Å². The zero-order valence-corrected chi connectivity index (χ0v) is 24.1. The molecule has 0 aliphatic heterocycles. The zero-order valence-electron chi connectivity index (χ0n) is 24.1. The molecule has 0 saturated heterocycles. The maximum Gasteiger partial charge on any atom is 0.311 e. The van der Waals surface area contributed by atoms with Crippen LogP contribution in [-0.2, 0) is 19.1 Å². The van der Waals surface area contributed by atoms with Crippen LogP contribution < -0.4 is 0 Å². The van der Waals surface area contributed by atoms with Crippen LogP contribution in [0.3, 0.4) is 0 Å². The molecule has 5 nitrogen and oxygen atoms in total. The third-order valence-corrected chi connectivity index (χ3v) is 13.2. The van der Waals surface area contributed by atoms with Crippen LogP contribution in [0.2, 0.25) is 0 Å². The Morgan fingerprint density at radius 3 is 2.27 bits per heavy atom. The van der Waals surface area contributed by atoms with Crippen molar-refractivity contribution < 1.29 is 20.5 Å². The first-order valence-corrected chi connectivity index (χ1v) is 14.3. The number of hydrogen-bond donors (Lipinski definition) is 0. The molecule has 37 heavy (non-hydrogen) atoms. The number of carbonyl (C=O) groups is 3. The van der Waals surface area contributed by atoms with Crippen molar-refractivity contribution in [3.8, 4) is 6.07 Å². The van der Waals surface area contributed by atoms with Gasteiger partial charge in [0.1, 0.15) is 5.92 Å². The van der Waals surface area contributed by atoms with Gasteiger partial charge in [-0.05, 0) is 97.9 Å². The molecule has 0 spiro atoms. The predicted octanol–water partition coefficient (Wildman–Crippen LogP) is 6.70. The highest BCUT2D eigenvalue weighted by Gasteiger charge is 2.70. The zero-order chi connectivity index (χ0) is 27.4. The third-order valence-electron chi connectivity index (χ3n) is 13.2. The Balaban J connectivity index is 0.00000336. The molecule has 9 atom stereocenters. The van der Waals surface area contributed by atoms with Gasteiger partial charge in [-0.25, -0.2) is 0 Å². The van der Waals surface area contributed by atoms with Crippen molar-refractivity contribution in [3.05, 3.63) is 11.6 Å². The number of ketones is 2. The highest BCUT2D eigenvalue weighted by Crippen LogP contribution is 2.75. The molecule has 0 amide bonds. The van der Waals surface area contributed by atoms with Crippen molar-refractivity contribution in [2.75, 3.05) is 7.11 Å². The van der Waals surface area contributed by atoms with E-state index in [2.05, 4.69) is 33.8 Å². The van der Waals surface area contributed by atoms with Gasteiger partial charge in [0.2, 0.25) is 0 Å². The first-order valence-electron chi connectivity index (χ1n) is 14.3. The van der Waals surface area contributed by atoms with Crippen molar-refractivity contribution in [3.63, 3.8) is 0 Å². The van der Waals surface area contributed by atoms with Gasteiger partial charge >= 0.3 is 5.97 Å². The minimum atomic E-state index is -0.631. The Morgan fingerprint density at radius 2 is 1.65 bits per heavy atom. The van der Waals surface area contributed by atoms with E-state index in [1.807, 2.05) is 26.8 Å². The highest BCUT2D eigenvalue weighted by atomic mass is 16.5. The van der Waals surface area contributed by atoms with Gasteiger partial charge in [-0.2, -0.15) is 5.26 Å². The SMILES string of the molecule is COC(=O)[C@@]1(C)CC[C@]2(C)CC[C@]3(C)[C@H](C(=O)C=C4[C@@]5(C)CC(C#N)C(=O)C(C)(C)C5CC[C@]43C)[C@@H]2C1.[HH]. The van der Waals surface area contributed by atoms with Gasteiger partial charge in [0.25, 0.3) is 0 Å². The van der Waals surface area contributed by atoms with Crippen LogP contribution in [0.15, 0.2) is 11.6 Å². The lowest BCUT2D eigenvalue weighted by molar-refractivity contribution is -0.182. The van der Waals surface area contributed by atoms with Crippen LogP contribution in [0.5, 0.6) is 0 Å². The Bertz CT molecular complexity index is 1150. The Kier molecular flexibility index (Phi) is 5.61. The number of esters is 1. The quantitative estimate of drug-likeness (QED) is 0.367. The molecule has 0 heterocycles. The normalized spacial score (nSPS) is 50.4. The van der Waals surface area contributed by atoms with Crippen molar-refractivity contribution in [2.45, 2.75) is 99.8 Å². The number of ether oxygens (including phenoxy) is 1. The maximum atomic E-state index is 14.3. The van der Waals surface area contributed by atoms with E-state index in [9.17, 15) is 19.6 Å². The number of allylic oxidation sites excluding steroid dienone is 2. The standard InChI is InChI=1S/C32H45NO4.H2/c1-27(2)22-9-10-31(6)23(30(22,5)16-19(18-33)25(27)35)15-21(34)24-20-17-29(4,26(36)37-8)12-11-28(20,3)13-14-32(24,31)7;/h15,19-20,22,24H,9-14,16-17H2,1-8H3;1H/t19?,20-,22?,24-,28+,29-,30-,31+,32+;/m0./s1. The van der Waals surface area contributed by atoms with Crippen molar-refractivity contribution >= 4 is 17.5 Å². The van der Waals surface area contributed by atoms with Crippen molar-refractivity contribution in [1.82, 2.24) is 0 Å². The molecule has 5 heteroatoms. The molecule has 0 bridgehead atoms. The van der Waals surface area contributed by atoms with Crippen LogP contribution in [0.4, 0.5) is 0 Å². The molecule has 0 N–H and O–H groups in total. The van der Waals surface area contributed by atoms with Crippen LogP contribution in [0, 0.1) is 67.5 Å². The average Bonchev–Trinajstić information content (AvgIpc) is 2.83. The molecular formula is C32H47NO4. The first-order chi connectivity index (χ1) is 17.0. The van der Waals surface area contributed by atoms with E-state index in [4.69, 9.17) is 4.74 Å². The fourth-order valence-corrected chi connectivity index (χ4v) is 10.6. The fraction of sp³-hybridized carbons (Fsp3) is 0.812. The predicted molar refractivity (Wildman–Crippen MR) is 143 cm³/mol. The van der Waals surface area contributed by atoms with Crippen LogP contribution >= 0.6 is 0 Å². The Morgan fingerprint density at radius 1 is 1.00 bits per heavy atom. The second-order valence-electron chi connectivity index (χ2n) is 15.2. The van der Waals surface area contributed by atoms with E-state index < -0.39 is 16.7 Å². The summed E-state index contributed by atoms with van der Waals surface area (Å²) in [6, 6.07) is 2.31. The largest absolute Gasteiger partial charge is 0.469 e. The van der Waals surface area contributed by atoms with Crippen LogP contribution in [0.1, 0.15) is 101 Å². The number of carbonyl (C=O) groups excluding carboxylic acids is 3. The molecule has 5 aliphatic rings. The number of fused-ring (bicyclic) bond motifs is 7. The molecule has 204 valence electrons. The van der Waals surface area contributed by atoms with Crippen LogP contribution in [-0.4, -0.2) is 24.6 Å². The number of rotatable bonds is 1.